The molecule has 0 aliphatic heterocycles. The Morgan fingerprint density at radius 3 is 2.17 bits per heavy atom. The highest BCUT2D eigenvalue weighted by Crippen LogP contribution is 2.31. The fourth-order valence-corrected chi connectivity index (χ4v) is 1.69. The van der Waals surface area contributed by atoms with E-state index in [-0.39, 0.29) is 6.54 Å². The van der Waals surface area contributed by atoms with Crippen LogP contribution < -0.4 is 10.6 Å². The summed E-state index contributed by atoms with van der Waals surface area (Å²) in [6, 6.07) is 1.16. The van der Waals surface area contributed by atoms with Crippen LogP contribution in [-0.2, 0) is 6.18 Å². The molecular weight excluding hydrogens is 342 g/mol. The van der Waals surface area contributed by atoms with Crippen LogP contribution >= 0.6 is 0 Å². The van der Waals surface area contributed by atoms with Gasteiger partial charge in [-0.1, -0.05) is 0 Å². The Balaban J connectivity index is 2.42. The maximum Gasteiger partial charge on any atom is 0.433 e. The quantitative estimate of drug-likeness (QED) is 0.722. The van der Waals surface area contributed by atoms with Crippen molar-refractivity contribution in [3.05, 3.63) is 41.3 Å². The number of nitrogens with zero attached hydrogens (tertiary/aromatic N) is 2. The summed E-state index contributed by atoms with van der Waals surface area (Å²) in [5.41, 5.74) is -2.24. The van der Waals surface area contributed by atoms with Gasteiger partial charge in [-0.25, -0.2) is 18.2 Å². The Hall–Kier alpha value is -2.56. The molecule has 0 saturated carbocycles. The van der Waals surface area contributed by atoms with Crippen molar-refractivity contribution in [1.82, 2.24) is 9.97 Å². The highest BCUT2D eigenvalue weighted by Gasteiger charge is 2.34. The van der Waals surface area contributed by atoms with Crippen LogP contribution in [0.5, 0.6) is 0 Å². The van der Waals surface area contributed by atoms with Crippen LogP contribution in [0, 0.1) is 17.5 Å². The Morgan fingerprint density at radius 2 is 1.62 bits per heavy atom. The predicted octanol–water partition coefficient (Wildman–Crippen LogP) is 3.06. The molecule has 0 unspecified atom stereocenters. The molecule has 0 bridgehead atoms. The molecule has 1 aromatic carbocycles. The van der Waals surface area contributed by atoms with Crippen LogP contribution in [0.1, 0.15) is 5.69 Å². The molecule has 0 aliphatic carbocycles. The molecule has 0 saturated heterocycles. The monoisotopic (exact) mass is 352 g/mol. The zero-order chi connectivity index (χ0) is 17.9. The summed E-state index contributed by atoms with van der Waals surface area (Å²) in [6.07, 6.45) is -4.84. The standard InChI is InChI=1S/C13H10F6N4O/c14-6-3-7(15)11(8(16)4-6)22-10-5-9(13(17,18)19)21-12(23-10)20-1-2-24/h3-5,24H,1-2H2,(H2,20,21,22,23). The lowest BCUT2D eigenvalue weighted by molar-refractivity contribution is -0.141. The van der Waals surface area contributed by atoms with Crippen molar-refractivity contribution in [2.24, 2.45) is 0 Å². The minimum atomic E-state index is -4.84. The van der Waals surface area contributed by atoms with E-state index in [0.717, 1.165) is 0 Å². The van der Waals surface area contributed by atoms with Gasteiger partial charge in [-0.3, -0.25) is 0 Å². The van der Waals surface area contributed by atoms with E-state index in [1.54, 1.807) is 0 Å². The Kier molecular flexibility index (Phi) is 5.12. The van der Waals surface area contributed by atoms with Crippen molar-refractivity contribution in [2.75, 3.05) is 23.8 Å². The van der Waals surface area contributed by atoms with Gasteiger partial charge in [-0.05, 0) is 0 Å². The third kappa shape index (κ3) is 4.25. The van der Waals surface area contributed by atoms with Gasteiger partial charge in [0.25, 0.3) is 0 Å². The fraction of sp³-hybridized carbons (Fsp3) is 0.231. The van der Waals surface area contributed by atoms with Gasteiger partial charge in [0, 0.05) is 24.7 Å². The van der Waals surface area contributed by atoms with Crippen molar-refractivity contribution >= 4 is 17.5 Å². The first-order valence-electron chi connectivity index (χ1n) is 6.43. The van der Waals surface area contributed by atoms with Gasteiger partial charge in [0.05, 0.1) is 6.61 Å². The smallest absolute Gasteiger partial charge is 0.395 e. The fourth-order valence-electron chi connectivity index (χ4n) is 1.69. The van der Waals surface area contributed by atoms with Crippen molar-refractivity contribution in [3.63, 3.8) is 0 Å². The normalized spacial score (nSPS) is 11.5. The van der Waals surface area contributed by atoms with Crippen molar-refractivity contribution in [1.29, 1.82) is 0 Å². The lowest BCUT2D eigenvalue weighted by Gasteiger charge is -2.13. The first kappa shape index (κ1) is 17.8. The second-order valence-electron chi connectivity index (χ2n) is 4.48. The molecule has 0 spiro atoms. The van der Waals surface area contributed by atoms with E-state index in [9.17, 15) is 26.3 Å². The summed E-state index contributed by atoms with van der Waals surface area (Å²) >= 11 is 0. The number of aliphatic hydroxyl groups is 1. The number of nitrogens with one attached hydrogen (secondary N) is 2. The van der Waals surface area contributed by atoms with Gasteiger partial charge in [0.15, 0.2) is 17.3 Å². The minimum absolute atomic E-state index is 0.139. The van der Waals surface area contributed by atoms with E-state index in [1.807, 2.05) is 5.32 Å². The lowest BCUT2D eigenvalue weighted by atomic mass is 10.2. The molecule has 1 aromatic heterocycles. The summed E-state index contributed by atoms with van der Waals surface area (Å²) in [4.78, 5) is 6.81. The molecule has 130 valence electrons. The maximum absolute atomic E-state index is 13.6. The number of rotatable bonds is 5. The first-order chi connectivity index (χ1) is 11.2. The largest absolute Gasteiger partial charge is 0.433 e. The maximum atomic E-state index is 13.6. The number of aromatic nitrogens is 2. The number of benzene rings is 1. The summed E-state index contributed by atoms with van der Waals surface area (Å²) < 4.78 is 78.5. The average Bonchev–Trinajstić information content (AvgIpc) is 2.47. The molecule has 0 aliphatic rings. The van der Waals surface area contributed by atoms with Gasteiger partial charge < -0.3 is 15.7 Å². The molecule has 0 atom stereocenters. The molecule has 2 rings (SSSR count). The predicted molar refractivity (Wildman–Crippen MR) is 72.2 cm³/mol. The number of hydrogen-bond acceptors (Lipinski definition) is 5. The molecule has 5 nitrogen and oxygen atoms in total. The Bertz CT molecular complexity index is 714. The van der Waals surface area contributed by atoms with Gasteiger partial charge in [0.2, 0.25) is 5.95 Å². The average molecular weight is 352 g/mol. The summed E-state index contributed by atoms with van der Waals surface area (Å²) in [5, 5.41) is 13.0. The molecule has 1 heterocycles. The Labute approximate surface area is 131 Å². The molecule has 2 aromatic rings. The highest BCUT2D eigenvalue weighted by atomic mass is 19.4. The van der Waals surface area contributed by atoms with Gasteiger partial charge in [-0.15, -0.1) is 0 Å². The zero-order valence-corrected chi connectivity index (χ0v) is 11.8. The van der Waals surface area contributed by atoms with E-state index >= 15 is 0 Å². The van der Waals surface area contributed by atoms with Crippen LogP contribution in [-0.4, -0.2) is 28.2 Å². The molecule has 0 amide bonds. The van der Waals surface area contributed by atoms with E-state index < -0.39 is 53.4 Å². The van der Waals surface area contributed by atoms with E-state index in [1.165, 1.54) is 0 Å². The third-order valence-corrected chi connectivity index (χ3v) is 2.67. The SMILES string of the molecule is OCCNc1nc(Nc2c(F)cc(F)cc2F)cc(C(F)(F)F)n1. The molecule has 0 radical (unpaired) electrons. The van der Waals surface area contributed by atoms with Crippen molar-refractivity contribution in [2.45, 2.75) is 6.18 Å². The van der Waals surface area contributed by atoms with E-state index in [0.29, 0.717) is 18.2 Å². The molecule has 3 N–H and O–H groups in total. The summed E-state index contributed by atoms with van der Waals surface area (Å²) in [5.74, 6) is -4.94. The number of aliphatic hydroxyl groups excluding tert-OH is 1. The molecule has 0 fully saturated rings. The van der Waals surface area contributed by atoms with Crippen molar-refractivity contribution in [3.8, 4) is 0 Å². The number of hydrogen-bond donors (Lipinski definition) is 3. The number of anilines is 3. The van der Waals surface area contributed by atoms with Crippen LogP contribution in [0.25, 0.3) is 0 Å². The van der Waals surface area contributed by atoms with Crippen LogP contribution in [0.2, 0.25) is 0 Å². The van der Waals surface area contributed by atoms with Gasteiger partial charge in [-0.2, -0.15) is 18.2 Å². The van der Waals surface area contributed by atoms with Crippen LogP contribution in [0.15, 0.2) is 18.2 Å². The second kappa shape index (κ2) is 6.91. The molecular formula is C13H10F6N4O. The first-order valence-corrected chi connectivity index (χ1v) is 6.43. The van der Waals surface area contributed by atoms with Crippen LogP contribution in [0.3, 0.4) is 0 Å². The number of halogens is 6. The lowest BCUT2D eigenvalue weighted by Crippen LogP contribution is -2.15. The van der Waals surface area contributed by atoms with Gasteiger partial charge >= 0.3 is 6.18 Å². The minimum Gasteiger partial charge on any atom is -0.395 e. The second-order valence-corrected chi connectivity index (χ2v) is 4.48. The topological polar surface area (TPSA) is 70.1 Å². The van der Waals surface area contributed by atoms with Crippen LogP contribution in [0.4, 0.5) is 43.8 Å². The van der Waals surface area contributed by atoms with Crippen molar-refractivity contribution < 1.29 is 31.4 Å². The summed E-state index contributed by atoms with van der Waals surface area (Å²) in [6.45, 7) is -0.538. The molecule has 11 heteroatoms. The van der Waals surface area contributed by atoms with E-state index in [4.69, 9.17) is 5.11 Å². The number of alkyl halides is 3. The Morgan fingerprint density at radius 1 is 1.00 bits per heavy atom. The third-order valence-electron chi connectivity index (χ3n) is 2.67. The zero-order valence-electron chi connectivity index (χ0n) is 11.8. The molecule has 24 heavy (non-hydrogen) atoms. The highest BCUT2D eigenvalue weighted by molar-refractivity contribution is 5.59. The summed E-state index contributed by atoms with van der Waals surface area (Å²) in [7, 11) is 0. The van der Waals surface area contributed by atoms with Gasteiger partial charge in [0.1, 0.15) is 17.3 Å². The van der Waals surface area contributed by atoms with E-state index in [2.05, 4.69) is 15.3 Å².